The molecule has 0 aliphatic heterocycles. The topological polar surface area (TPSA) is 20.3 Å². The molecule has 1 amide bonds. The van der Waals surface area contributed by atoms with E-state index in [1.165, 1.54) is 9.75 Å². The highest BCUT2D eigenvalue weighted by molar-refractivity contribution is 7.11. The first kappa shape index (κ1) is 16.3. The Labute approximate surface area is 125 Å². The number of hydrogen-bond acceptors (Lipinski definition) is 2. The highest BCUT2D eigenvalue weighted by Gasteiger charge is 2.14. The molecule has 2 nitrogen and oxygen atoms in total. The molecule has 1 heterocycles. The van der Waals surface area contributed by atoms with Crippen LogP contribution in [0.5, 0.6) is 0 Å². The van der Waals surface area contributed by atoms with Gasteiger partial charge in [0, 0.05) is 27.8 Å². The number of rotatable bonds is 6. The lowest BCUT2D eigenvalue weighted by Gasteiger charge is -2.22. The SMILES string of the molecule is Cc1ccc(CN(CC(C)C)C(=O)/C=C/C(C)Cl)s1. The highest BCUT2D eigenvalue weighted by atomic mass is 35.5. The van der Waals surface area contributed by atoms with Gasteiger partial charge in [-0.2, -0.15) is 0 Å². The van der Waals surface area contributed by atoms with E-state index in [1.807, 2.05) is 11.8 Å². The Bertz CT molecular complexity index is 437. The van der Waals surface area contributed by atoms with Gasteiger partial charge in [-0.3, -0.25) is 4.79 Å². The molecule has 1 atom stereocenters. The summed E-state index contributed by atoms with van der Waals surface area (Å²) in [6, 6.07) is 4.18. The molecule has 106 valence electrons. The van der Waals surface area contributed by atoms with Crippen molar-refractivity contribution in [3.63, 3.8) is 0 Å². The zero-order valence-corrected chi connectivity index (χ0v) is 13.6. The minimum absolute atomic E-state index is 0.0345. The molecule has 0 radical (unpaired) electrons. The van der Waals surface area contributed by atoms with Crippen molar-refractivity contribution in [1.29, 1.82) is 0 Å². The van der Waals surface area contributed by atoms with Gasteiger partial charge in [0.15, 0.2) is 0 Å². The summed E-state index contributed by atoms with van der Waals surface area (Å²) in [5.74, 6) is 0.485. The van der Waals surface area contributed by atoms with Gasteiger partial charge in [0.1, 0.15) is 0 Å². The summed E-state index contributed by atoms with van der Waals surface area (Å²) in [6.07, 6.45) is 3.32. The van der Waals surface area contributed by atoms with E-state index < -0.39 is 0 Å². The number of carbonyl (C=O) groups is 1. The van der Waals surface area contributed by atoms with Gasteiger partial charge >= 0.3 is 0 Å². The van der Waals surface area contributed by atoms with Gasteiger partial charge < -0.3 is 4.90 Å². The number of thiophene rings is 1. The number of carbonyl (C=O) groups excluding carboxylic acids is 1. The number of hydrogen-bond donors (Lipinski definition) is 0. The van der Waals surface area contributed by atoms with Crippen LogP contribution in [0.2, 0.25) is 0 Å². The van der Waals surface area contributed by atoms with E-state index in [9.17, 15) is 4.79 Å². The molecule has 0 N–H and O–H groups in total. The quantitative estimate of drug-likeness (QED) is 0.569. The predicted molar refractivity (Wildman–Crippen MR) is 83.8 cm³/mol. The van der Waals surface area contributed by atoms with Gasteiger partial charge in [0.05, 0.1) is 6.54 Å². The Morgan fingerprint density at radius 2 is 2.11 bits per heavy atom. The van der Waals surface area contributed by atoms with Crippen LogP contribution in [-0.2, 0) is 11.3 Å². The zero-order valence-electron chi connectivity index (χ0n) is 12.0. The van der Waals surface area contributed by atoms with Crippen LogP contribution in [0.3, 0.4) is 0 Å². The van der Waals surface area contributed by atoms with Crippen LogP contribution in [0.25, 0.3) is 0 Å². The van der Waals surface area contributed by atoms with Crippen LogP contribution >= 0.6 is 22.9 Å². The minimum Gasteiger partial charge on any atom is -0.334 e. The summed E-state index contributed by atoms with van der Waals surface area (Å²) in [7, 11) is 0. The minimum atomic E-state index is -0.117. The van der Waals surface area contributed by atoms with Crippen molar-refractivity contribution >= 4 is 28.8 Å². The average Bonchev–Trinajstić information content (AvgIpc) is 2.70. The van der Waals surface area contributed by atoms with Gasteiger partial charge in [-0.15, -0.1) is 22.9 Å². The first-order valence-corrected chi connectivity index (χ1v) is 7.80. The van der Waals surface area contributed by atoms with E-state index in [0.717, 1.165) is 6.54 Å². The number of halogens is 1. The average molecular weight is 300 g/mol. The number of nitrogens with zero attached hydrogens (tertiary/aromatic N) is 1. The normalized spacial score (nSPS) is 13.2. The smallest absolute Gasteiger partial charge is 0.246 e. The van der Waals surface area contributed by atoms with E-state index >= 15 is 0 Å². The molecule has 0 aliphatic rings. The third-order valence-electron chi connectivity index (χ3n) is 2.54. The maximum atomic E-state index is 12.2. The second-order valence-corrected chi connectivity index (χ2v) is 7.22. The summed E-state index contributed by atoms with van der Waals surface area (Å²) >= 11 is 7.58. The molecule has 1 rings (SSSR count). The van der Waals surface area contributed by atoms with Crippen LogP contribution in [0.1, 0.15) is 30.5 Å². The van der Waals surface area contributed by atoms with Crippen molar-refractivity contribution < 1.29 is 4.79 Å². The Kier molecular flexibility index (Phi) is 6.59. The Morgan fingerprint density at radius 3 is 2.58 bits per heavy atom. The van der Waals surface area contributed by atoms with Crippen LogP contribution in [0.15, 0.2) is 24.3 Å². The number of amides is 1. The van der Waals surface area contributed by atoms with Crippen LogP contribution in [0.4, 0.5) is 0 Å². The predicted octanol–water partition coefficient (Wildman–Crippen LogP) is 4.22. The Hall–Kier alpha value is -0.800. The fraction of sp³-hybridized carbons (Fsp3) is 0.533. The van der Waals surface area contributed by atoms with E-state index in [1.54, 1.807) is 23.5 Å². The van der Waals surface area contributed by atoms with Crippen molar-refractivity contribution in [2.45, 2.75) is 39.6 Å². The number of allylic oxidation sites excluding steroid dienone is 1. The first-order valence-electron chi connectivity index (χ1n) is 6.55. The molecule has 4 heteroatoms. The third kappa shape index (κ3) is 6.26. The molecule has 1 aromatic rings. The summed E-state index contributed by atoms with van der Waals surface area (Å²) < 4.78 is 0. The molecule has 1 unspecified atom stereocenters. The van der Waals surface area contributed by atoms with Gasteiger partial charge in [0.25, 0.3) is 0 Å². The van der Waals surface area contributed by atoms with E-state index in [0.29, 0.717) is 12.5 Å². The summed E-state index contributed by atoms with van der Waals surface area (Å²) in [4.78, 5) is 16.6. The molecule has 1 aromatic heterocycles. The van der Waals surface area contributed by atoms with Crippen molar-refractivity contribution in [3.05, 3.63) is 34.0 Å². The van der Waals surface area contributed by atoms with Gasteiger partial charge in [-0.25, -0.2) is 0 Å². The molecule has 0 aromatic carbocycles. The van der Waals surface area contributed by atoms with Gasteiger partial charge in [-0.1, -0.05) is 19.9 Å². The molecule has 19 heavy (non-hydrogen) atoms. The lowest BCUT2D eigenvalue weighted by Crippen LogP contribution is -2.32. The maximum absolute atomic E-state index is 12.2. The monoisotopic (exact) mass is 299 g/mol. The van der Waals surface area contributed by atoms with Crippen molar-refractivity contribution in [1.82, 2.24) is 4.90 Å². The fourth-order valence-corrected chi connectivity index (χ4v) is 2.73. The molecule has 0 fully saturated rings. The molecule has 0 saturated carbocycles. The van der Waals surface area contributed by atoms with Gasteiger partial charge in [0.2, 0.25) is 5.91 Å². The standard InChI is InChI=1S/C15H22ClNOS/c1-11(2)9-17(15(18)8-5-12(3)16)10-14-7-6-13(4)19-14/h5-8,11-12H,9-10H2,1-4H3/b8-5+. The van der Waals surface area contributed by atoms with Crippen LogP contribution in [0, 0.1) is 12.8 Å². The largest absolute Gasteiger partial charge is 0.334 e. The lowest BCUT2D eigenvalue weighted by molar-refractivity contribution is -0.127. The van der Waals surface area contributed by atoms with Gasteiger partial charge in [-0.05, 0) is 31.9 Å². The second-order valence-electron chi connectivity index (χ2n) is 5.16. The van der Waals surface area contributed by atoms with Crippen LogP contribution < -0.4 is 0 Å². The number of alkyl halides is 1. The zero-order chi connectivity index (χ0) is 14.4. The van der Waals surface area contributed by atoms with E-state index in [-0.39, 0.29) is 11.3 Å². The highest BCUT2D eigenvalue weighted by Crippen LogP contribution is 2.18. The molecule has 0 saturated heterocycles. The van der Waals surface area contributed by atoms with Crippen LogP contribution in [-0.4, -0.2) is 22.7 Å². The lowest BCUT2D eigenvalue weighted by atomic mass is 10.2. The fourth-order valence-electron chi connectivity index (χ4n) is 1.75. The van der Waals surface area contributed by atoms with Crippen molar-refractivity contribution in [2.75, 3.05) is 6.54 Å². The summed E-state index contributed by atoms with van der Waals surface area (Å²) in [5, 5.41) is -0.117. The molecule has 0 aliphatic carbocycles. The molecular weight excluding hydrogens is 278 g/mol. The Morgan fingerprint density at radius 1 is 1.42 bits per heavy atom. The van der Waals surface area contributed by atoms with Crippen molar-refractivity contribution in [2.24, 2.45) is 5.92 Å². The van der Waals surface area contributed by atoms with E-state index in [4.69, 9.17) is 11.6 Å². The molecule has 0 spiro atoms. The second kappa shape index (κ2) is 7.71. The summed E-state index contributed by atoms with van der Waals surface area (Å²) in [5.41, 5.74) is 0. The summed E-state index contributed by atoms with van der Waals surface area (Å²) in [6.45, 7) is 9.60. The number of aryl methyl sites for hydroxylation is 1. The Balaban J connectivity index is 2.73. The molecular formula is C15H22ClNOS. The van der Waals surface area contributed by atoms with E-state index in [2.05, 4.69) is 32.9 Å². The first-order chi connectivity index (χ1) is 8.88. The molecule has 0 bridgehead atoms. The third-order valence-corrected chi connectivity index (χ3v) is 3.67. The van der Waals surface area contributed by atoms with Crippen molar-refractivity contribution in [3.8, 4) is 0 Å². The maximum Gasteiger partial charge on any atom is 0.246 e.